The highest BCUT2D eigenvalue weighted by Crippen LogP contribution is 2.52. The Morgan fingerprint density at radius 3 is 2.51 bits per heavy atom. The van der Waals surface area contributed by atoms with E-state index in [1.54, 1.807) is 12.1 Å². The van der Waals surface area contributed by atoms with E-state index >= 15 is 0 Å². The molecule has 1 aliphatic heterocycles. The zero-order chi connectivity index (χ0) is 32.9. The van der Waals surface area contributed by atoms with Gasteiger partial charge < -0.3 is 25.6 Å². The lowest BCUT2D eigenvalue weighted by Gasteiger charge is -2.31. The first kappa shape index (κ1) is 30.1. The molecule has 2 aromatic heterocycles. The number of nitrogens with two attached hydrogens (primary N) is 1. The molecule has 0 bridgehead atoms. The third kappa shape index (κ3) is 5.17. The predicted molar refractivity (Wildman–Crippen MR) is 158 cm³/mol. The molecular formula is C33H30F5N5O4. The number of benzene rings is 2. The minimum absolute atomic E-state index is 0.0487. The van der Waals surface area contributed by atoms with Crippen LogP contribution in [0.5, 0.6) is 11.5 Å². The second-order valence-corrected chi connectivity index (χ2v) is 13.1. The van der Waals surface area contributed by atoms with Gasteiger partial charge in [-0.2, -0.15) is 18.3 Å². The molecule has 2 aromatic carbocycles. The fourth-order valence-corrected chi connectivity index (χ4v) is 6.13. The molecule has 4 aromatic rings. The van der Waals surface area contributed by atoms with E-state index in [0.717, 1.165) is 55.3 Å². The smallest absolute Gasteiger partial charge is 0.414 e. The van der Waals surface area contributed by atoms with Crippen molar-refractivity contribution in [2.45, 2.75) is 68.0 Å². The molecule has 3 fully saturated rings. The summed E-state index contributed by atoms with van der Waals surface area (Å²) in [6, 6.07) is 7.41. The van der Waals surface area contributed by atoms with Crippen molar-refractivity contribution in [2.75, 3.05) is 13.2 Å². The van der Waals surface area contributed by atoms with Gasteiger partial charge in [0.15, 0.2) is 22.9 Å². The highest BCUT2D eigenvalue weighted by atomic mass is 19.4. The van der Waals surface area contributed by atoms with Gasteiger partial charge in [0, 0.05) is 28.3 Å². The summed E-state index contributed by atoms with van der Waals surface area (Å²) in [5.41, 5.74) is 0.903. The van der Waals surface area contributed by atoms with Gasteiger partial charge in [-0.05, 0) is 80.8 Å². The van der Waals surface area contributed by atoms with Crippen molar-refractivity contribution in [3.63, 3.8) is 0 Å². The Morgan fingerprint density at radius 2 is 1.85 bits per heavy atom. The summed E-state index contributed by atoms with van der Waals surface area (Å²) in [4.78, 5) is 18.1. The lowest BCUT2D eigenvalue weighted by atomic mass is 9.86. The van der Waals surface area contributed by atoms with Crippen LogP contribution in [0.4, 0.5) is 22.0 Å². The lowest BCUT2D eigenvalue weighted by molar-refractivity contribution is -0.191. The van der Waals surface area contributed by atoms with Gasteiger partial charge in [-0.25, -0.2) is 13.8 Å². The molecule has 14 heteroatoms. The van der Waals surface area contributed by atoms with Crippen molar-refractivity contribution in [1.29, 1.82) is 0 Å². The van der Waals surface area contributed by atoms with Crippen molar-refractivity contribution in [3.8, 4) is 22.8 Å². The molecular weight excluding hydrogens is 625 g/mol. The average Bonchev–Trinajstić information content (AvgIpc) is 3.91. The Balaban J connectivity index is 1.16. The van der Waals surface area contributed by atoms with Crippen LogP contribution in [0.2, 0.25) is 0 Å². The van der Waals surface area contributed by atoms with Gasteiger partial charge in [-0.15, -0.1) is 0 Å². The number of alkyl halides is 3. The molecule has 3 saturated carbocycles. The summed E-state index contributed by atoms with van der Waals surface area (Å²) in [6.45, 7) is -1.38. The molecule has 3 heterocycles. The molecule has 246 valence electrons. The highest BCUT2D eigenvalue weighted by Gasteiger charge is 2.59. The third-order valence-corrected chi connectivity index (χ3v) is 9.40. The second-order valence-electron chi connectivity index (χ2n) is 13.1. The van der Waals surface area contributed by atoms with Crippen molar-refractivity contribution >= 4 is 16.8 Å². The zero-order valence-corrected chi connectivity index (χ0v) is 24.9. The van der Waals surface area contributed by atoms with Gasteiger partial charge in [0.2, 0.25) is 0 Å². The van der Waals surface area contributed by atoms with Crippen molar-refractivity contribution in [3.05, 3.63) is 71.1 Å². The molecule has 0 radical (unpaired) electrons. The Morgan fingerprint density at radius 1 is 1.09 bits per heavy atom. The molecule has 0 spiro atoms. The molecule has 1 amide bonds. The summed E-state index contributed by atoms with van der Waals surface area (Å²) in [6.07, 6.45) is 1.85. The SMILES string of the molecule is N[C@@]1(C(F)(F)F)COc2c1cc([C@@](O)(CNC(=O)c1cc(OC3CC3)c3nn(C4CC4)cc3c1)C1CC1)nc2-c1ccc(F)c(F)c1. The van der Waals surface area contributed by atoms with Crippen LogP contribution >= 0.6 is 0 Å². The summed E-state index contributed by atoms with van der Waals surface area (Å²) in [5, 5.41) is 20.3. The van der Waals surface area contributed by atoms with E-state index < -0.39 is 59.5 Å². The van der Waals surface area contributed by atoms with Crippen LogP contribution < -0.4 is 20.5 Å². The number of fused-ring (bicyclic) bond motifs is 2. The summed E-state index contributed by atoms with van der Waals surface area (Å²) < 4.78 is 84.4. The van der Waals surface area contributed by atoms with Crippen molar-refractivity contribution in [1.82, 2.24) is 20.1 Å². The maximum absolute atomic E-state index is 14.3. The summed E-state index contributed by atoms with van der Waals surface area (Å²) in [5.74, 6) is -3.27. The van der Waals surface area contributed by atoms with E-state index in [0.29, 0.717) is 30.1 Å². The molecule has 0 unspecified atom stereocenters. The minimum atomic E-state index is -4.96. The van der Waals surface area contributed by atoms with Crippen LogP contribution in [-0.4, -0.2) is 51.2 Å². The number of rotatable bonds is 9. The second kappa shape index (κ2) is 10.3. The van der Waals surface area contributed by atoms with E-state index in [4.69, 9.17) is 15.2 Å². The molecule has 8 rings (SSSR count). The van der Waals surface area contributed by atoms with Gasteiger partial charge in [-0.3, -0.25) is 9.48 Å². The number of hydrogen-bond acceptors (Lipinski definition) is 7. The number of aliphatic hydroxyl groups is 1. The Kier molecular flexibility index (Phi) is 6.62. The number of aromatic nitrogens is 3. The third-order valence-electron chi connectivity index (χ3n) is 9.40. The normalized spacial score (nSPS) is 22.1. The number of amides is 1. The van der Waals surface area contributed by atoms with E-state index in [1.165, 1.54) is 0 Å². The van der Waals surface area contributed by atoms with Crippen LogP contribution in [0.25, 0.3) is 22.2 Å². The highest BCUT2D eigenvalue weighted by molar-refractivity contribution is 6.00. The van der Waals surface area contributed by atoms with Crippen LogP contribution in [0.3, 0.4) is 0 Å². The molecule has 4 N–H and O–H groups in total. The molecule has 0 saturated heterocycles. The predicted octanol–water partition coefficient (Wildman–Crippen LogP) is 5.39. The number of halogens is 5. The number of carbonyl (C=O) groups excluding carboxylic acids is 1. The fraction of sp³-hybridized carbons (Fsp3) is 0.424. The maximum atomic E-state index is 14.3. The van der Waals surface area contributed by atoms with Gasteiger partial charge in [0.05, 0.1) is 24.4 Å². The maximum Gasteiger partial charge on any atom is 0.414 e. The van der Waals surface area contributed by atoms with Crippen molar-refractivity contribution in [2.24, 2.45) is 11.7 Å². The van der Waals surface area contributed by atoms with Crippen LogP contribution in [0.1, 0.15) is 66.2 Å². The summed E-state index contributed by atoms with van der Waals surface area (Å²) >= 11 is 0. The summed E-state index contributed by atoms with van der Waals surface area (Å²) in [7, 11) is 0. The molecule has 4 aliphatic rings. The van der Waals surface area contributed by atoms with Gasteiger partial charge >= 0.3 is 6.18 Å². The van der Waals surface area contributed by atoms with Crippen LogP contribution in [0, 0.1) is 17.6 Å². The van der Waals surface area contributed by atoms with E-state index in [-0.39, 0.29) is 34.4 Å². The minimum Gasteiger partial charge on any atom is -0.488 e. The molecule has 47 heavy (non-hydrogen) atoms. The first-order valence-electron chi connectivity index (χ1n) is 15.5. The Hall–Kier alpha value is -4.30. The number of nitrogens with zero attached hydrogens (tertiary/aromatic N) is 3. The molecule has 2 atom stereocenters. The number of carbonyl (C=O) groups is 1. The fourth-order valence-electron chi connectivity index (χ4n) is 6.13. The zero-order valence-electron chi connectivity index (χ0n) is 24.9. The lowest BCUT2D eigenvalue weighted by Crippen LogP contribution is -2.52. The first-order valence-corrected chi connectivity index (χ1v) is 15.5. The number of nitrogens with one attached hydrogen (secondary N) is 1. The van der Waals surface area contributed by atoms with Crippen LogP contribution in [-0.2, 0) is 11.1 Å². The Labute approximate surface area is 264 Å². The number of ether oxygens (including phenoxy) is 2. The standard InChI is InChI=1S/C33H30F5N5O4/c34-23-8-1-16(10-24(23)35)28-29-22(32(39,15-46-29)33(36,37)38)12-26(41-28)31(45,19-2-3-19)14-40-30(44)17-9-18-13-43(20-4-5-20)42-27(18)25(11-17)47-21-6-7-21/h1,8-13,19-21,45H,2-7,14-15,39H2,(H,40,44)/t31-,32+/m1/s1. The van der Waals surface area contributed by atoms with Gasteiger partial charge in [-0.1, -0.05) is 0 Å². The van der Waals surface area contributed by atoms with E-state index in [2.05, 4.69) is 15.4 Å². The van der Waals surface area contributed by atoms with Crippen LogP contribution in [0.15, 0.2) is 42.6 Å². The largest absolute Gasteiger partial charge is 0.488 e. The first-order chi connectivity index (χ1) is 22.3. The van der Waals surface area contributed by atoms with E-state index in [9.17, 15) is 31.9 Å². The molecule has 3 aliphatic carbocycles. The quantitative estimate of drug-likeness (QED) is 0.207. The number of pyridine rings is 1. The van der Waals surface area contributed by atoms with Gasteiger partial charge in [0.25, 0.3) is 5.91 Å². The molecule has 9 nitrogen and oxygen atoms in total. The van der Waals surface area contributed by atoms with Gasteiger partial charge in [0.1, 0.15) is 29.2 Å². The Bertz CT molecular complexity index is 1940. The van der Waals surface area contributed by atoms with E-state index in [1.807, 2.05) is 10.9 Å². The number of hydrogen-bond donors (Lipinski definition) is 3. The van der Waals surface area contributed by atoms with Crippen molar-refractivity contribution < 1.29 is 41.3 Å². The average molecular weight is 656 g/mol. The topological polar surface area (TPSA) is 125 Å². The monoisotopic (exact) mass is 655 g/mol.